The Bertz CT molecular complexity index is 534. The summed E-state index contributed by atoms with van der Waals surface area (Å²) in [4.78, 5) is 10.0. The second-order valence-corrected chi connectivity index (χ2v) is 5.88. The van der Waals surface area contributed by atoms with Crippen LogP contribution in [0.5, 0.6) is 0 Å². The smallest absolute Gasteiger partial charge is 0.140 e. The lowest BCUT2D eigenvalue weighted by Gasteiger charge is -2.06. The van der Waals surface area contributed by atoms with Crippen molar-refractivity contribution in [1.29, 1.82) is 0 Å². The van der Waals surface area contributed by atoms with Gasteiger partial charge in [0.25, 0.3) is 0 Å². The molecule has 5 heteroatoms. The first-order chi connectivity index (χ1) is 9.29. The quantitative estimate of drug-likeness (QED) is 0.795. The molecule has 1 heterocycles. The first-order valence-corrected chi connectivity index (χ1v) is 8.00. The number of nitrogens with zero attached hydrogens (tertiary/aromatic N) is 2. The van der Waals surface area contributed by atoms with Gasteiger partial charge < -0.3 is 5.32 Å². The number of hydrogen-bond acceptors (Lipinski definition) is 4. The number of anilines is 1. The van der Waals surface area contributed by atoms with Crippen molar-refractivity contribution in [3.05, 3.63) is 46.8 Å². The molecule has 2 aromatic rings. The van der Waals surface area contributed by atoms with Crippen LogP contribution in [0.25, 0.3) is 0 Å². The second-order valence-electron chi connectivity index (χ2n) is 4.00. The molecule has 19 heavy (non-hydrogen) atoms. The first-order valence-electron chi connectivity index (χ1n) is 6.22. The van der Waals surface area contributed by atoms with E-state index in [0.717, 1.165) is 34.8 Å². The minimum Gasteiger partial charge on any atom is -0.370 e. The fourth-order valence-electron chi connectivity index (χ4n) is 1.52. The molecule has 0 saturated carbocycles. The topological polar surface area (TPSA) is 37.8 Å². The van der Waals surface area contributed by atoms with Gasteiger partial charge in [-0.2, -0.15) is 0 Å². The van der Waals surface area contributed by atoms with Gasteiger partial charge in [-0.15, -0.1) is 11.8 Å². The number of thioether (sulfide) groups is 1. The Morgan fingerprint density at radius 1 is 1.26 bits per heavy atom. The van der Waals surface area contributed by atoms with Crippen LogP contribution in [-0.4, -0.2) is 16.5 Å². The number of halogens is 1. The summed E-state index contributed by atoms with van der Waals surface area (Å²) < 4.78 is 1.11. The molecule has 3 nitrogen and oxygen atoms in total. The lowest BCUT2D eigenvalue weighted by atomic mass is 10.4. The lowest BCUT2D eigenvalue weighted by Crippen LogP contribution is -2.04. The summed E-state index contributed by atoms with van der Waals surface area (Å²) >= 11 is 5.28. The van der Waals surface area contributed by atoms with Crippen molar-refractivity contribution in [2.75, 3.05) is 11.9 Å². The summed E-state index contributed by atoms with van der Waals surface area (Å²) in [6.45, 7) is 3.08. The Balaban J connectivity index is 1.98. The highest BCUT2D eigenvalue weighted by Gasteiger charge is 2.03. The molecule has 100 valence electrons. The Kier molecular flexibility index (Phi) is 5.66. The predicted octanol–water partition coefficient (Wildman–Crippen LogP) is 4.35. The third-order valence-electron chi connectivity index (χ3n) is 2.46. The molecule has 0 saturated heterocycles. The zero-order chi connectivity index (χ0) is 13.5. The fourth-order valence-corrected chi connectivity index (χ4v) is 2.96. The molecule has 0 aliphatic heterocycles. The van der Waals surface area contributed by atoms with Crippen molar-refractivity contribution in [2.45, 2.75) is 24.0 Å². The van der Waals surface area contributed by atoms with Crippen molar-refractivity contribution < 1.29 is 0 Å². The van der Waals surface area contributed by atoms with Crippen LogP contribution in [0.4, 0.5) is 5.82 Å². The summed E-state index contributed by atoms with van der Waals surface area (Å²) in [7, 11) is 0. The maximum Gasteiger partial charge on any atom is 0.140 e. The van der Waals surface area contributed by atoms with Crippen LogP contribution >= 0.6 is 27.7 Å². The van der Waals surface area contributed by atoms with E-state index in [1.807, 2.05) is 24.3 Å². The number of nitrogens with one attached hydrogen (secondary N) is 1. The Morgan fingerprint density at radius 2 is 2.11 bits per heavy atom. The van der Waals surface area contributed by atoms with Crippen LogP contribution in [0.15, 0.2) is 45.9 Å². The van der Waals surface area contributed by atoms with Crippen molar-refractivity contribution in [2.24, 2.45) is 0 Å². The molecule has 0 amide bonds. The van der Waals surface area contributed by atoms with Crippen LogP contribution in [0.2, 0.25) is 0 Å². The van der Waals surface area contributed by atoms with Gasteiger partial charge >= 0.3 is 0 Å². The minimum atomic E-state index is 0.768. The molecule has 0 bridgehead atoms. The van der Waals surface area contributed by atoms with Gasteiger partial charge in [0.15, 0.2) is 0 Å². The molecule has 0 unspecified atom stereocenters. The zero-order valence-corrected chi connectivity index (χ0v) is 13.2. The zero-order valence-electron chi connectivity index (χ0n) is 10.8. The Hall–Kier alpha value is -1.07. The molecule has 0 atom stereocenters. The minimum absolute atomic E-state index is 0.768. The van der Waals surface area contributed by atoms with E-state index in [1.54, 1.807) is 18.0 Å². The molecule has 2 rings (SSSR count). The maximum absolute atomic E-state index is 4.50. The van der Waals surface area contributed by atoms with Gasteiger partial charge in [-0.05, 0) is 40.5 Å². The van der Waals surface area contributed by atoms with Gasteiger partial charge in [0, 0.05) is 22.1 Å². The SMILES string of the molecule is CCCNc1ccnc(CSc2ccccc2Br)n1. The third kappa shape index (κ3) is 4.51. The first kappa shape index (κ1) is 14.3. The Labute approximate surface area is 126 Å². The normalized spacial score (nSPS) is 10.4. The van der Waals surface area contributed by atoms with Gasteiger partial charge in [0.1, 0.15) is 11.6 Å². The Morgan fingerprint density at radius 3 is 2.89 bits per heavy atom. The summed E-state index contributed by atoms with van der Waals surface area (Å²) in [6, 6.07) is 10.1. The molecule has 0 fully saturated rings. The third-order valence-corrected chi connectivity index (χ3v) is 4.48. The summed E-state index contributed by atoms with van der Waals surface area (Å²) in [6.07, 6.45) is 2.89. The van der Waals surface area contributed by atoms with Gasteiger partial charge in [0.2, 0.25) is 0 Å². The fraction of sp³-hybridized carbons (Fsp3) is 0.286. The maximum atomic E-state index is 4.50. The number of rotatable bonds is 6. The monoisotopic (exact) mass is 337 g/mol. The molecule has 0 radical (unpaired) electrons. The van der Waals surface area contributed by atoms with E-state index in [1.165, 1.54) is 4.90 Å². The molecule has 1 N–H and O–H groups in total. The van der Waals surface area contributed by atoms with E-state index >= 15 is 0 Å². The van der Waals surface area contributed by atoms with Gasteiger partial charge in [0.05, 0.1) is 5.75 Å². The van der Waals surface area contributed by atoms with E-state index in [9.17, 15) is 0 Å². The van der Waals surface area contributed by atoms with E-state index in [4.69, 9.17) is 0 Å². The highest BCUT2D eigenvalue weighted by molar-refractivity contribution is 9.10. The second kappa shape index (κ2) is 7.50. The average molecular weight is 338 g/mol. The van der Waals surface area contributed by atoms with Crippen LogP contribution in [-0.2, 0) is 5.75 Å². The summed E-state index contributed by atoms with van der Waals surface area (Å²) in [5, 5.41) is 3.27. The number of aromatic nitrogens is 2. The van der Waals surface area contributed by atoms with E-state index in [0.29, 0.717) is 0 Å². The van der Waals surface area contributed by atoms with Crippen molar-refractivity contribution >= 4 is 33.5 Å². The standard InChI is InChI=1S/C14H16BrN3S/c1-2-8-16-13-7-9-17-14(18-13)10-19-12-6-4-3-5-11(12)15/h3-7,9H,2,8,10H2,1H3,(H,16,17,18). The molecular formula is C14H16BrN3S. The summed E-state index contributed by atoms with van der Waals surface area (Å²) in [5.74, 6) is 2.52. The molecular weight excluding hydrogens is 322 g/mol. The number of hydrogen-bond donors (Lipinski definition) is 1. The van der Waals surface area contributed by atoms with Crippen LogP contribution < -0.4 is 5.32 Å². The summed E-state index contributed by atoms with van der Waals surface area (Å²) in [5.41, 5.74) is 0. The molecule has 1 aromatic heterocycles. The van der Waals surface area contributed by atoms with Crippen molar-refractivity contribution in [1.82, 2.24) is 9.97 Å². The largest absolute Gasteiger partial charge is 0.370 e. The molecule has 0 aliphatic rings. The van der Waals surface area contributed by atoms with E-state index in [2.05, 4.69) is 44.2 Å². The van der Waals surface area contributed by atoms with Crippen molar-refractivity contribution in [3.63, 3.8) is 0 Å². The predicted molar refractivity (Wildman–Crippen MR) is 84.5 cm³/mol. The molecule has 0 aliphatic carbocycles. The van der Waals surface area contributed by atoms with Crippen LogP contribution in [0, 0.1) is 0 Å². The highest BCUT2D eigenvalue weighted by Crippen LogP contribution is 2.28. The van der Waals surface area contributed by atoms with Gasteiger partial charge in [-0.25, -0.2) is 9.97 Å². The van der Waals surface area contributed by atoms with E-state index < -0.39 is 0 Å². The van der Waals surface area contributed by atoms with E-state index in [-0.39, 0.29) is 0 Å². The lowest BCUT2D eigenvalue weighted by molar-refractivity contribution is 0.951. The highest BCUT2D eigenvalue weighted by atomic mass is 79.9. The van der Waals surface area contributed by atoms with Crippen molar-refractivity contribution in [3.8, 4) is 0 Å². The molecule has 1 aromatic carbocycles. The van der Waals surface area contributed by atoms with Crippen LogP contribution in [0.3, 0.4) is 0 Å². The van der Waals surface area contributed by atoms with Gasteiger partial charge in [-0.1, -0.05) is 19.1 Å². The number of benzene rings is 1. The van der Waals surface area contributed by atoms with Crippen LogP contribution in [0.1, 0.15) is 19.2 Å². The molecule has 0 spiro atoms. The van der Waals surface area contributed by atoms with Gasteiger partial charge in [-0.3, -0.25) is 0 Å². The average Bonchev–Trinajstić information content (AvgIpc) is 2.45.